The summed E-state index contributed by atoms with van der Waals surface area (Å²) in [7, 11) is 1.26. The zero-order valence-corrected chi connectivity index (χ0v) is 14.2. The molecule has 2 N–H and O–H groups in total. The number of methoxy groups -OCH3 is 1. The summed E-state index contributed by atoms with van der Waals surface area (Å²) in [5, 5.41) is 11.9. The van der Waals surface area contributed by atoms with Gasteiger partial charge in [0.2, 0.25) is 0 Å². The van der Waals surface area contributed by atoms with Crippen LogP contribution in [0.2, 0.25) is 0 Å². The van der Waals surface area contributed by atoms with E-state index in [0.29, 0.717) is 0 Å². The number of hydrogen-bond acceptors (Lipinski definition) is 5. The molecule has 1 unspecified atom stereocenters. The maximum atomic E-state index is 12.2. The molecule has 1 amide bonds. The highest BCUT2D eigenvalue weighted by Gasteiger charge is 2.37. The van der Waals surface area contributed by atoms with Crippen molar-refractivity contribution in [2.75, 3.05) is 7.11 Å². The molecule has 0 saturated carbocycles. The number of ether oxygens (including phenoxy) is 2. The van der Waals surface area contributed by atoms with Crippen LogP contribution in [0.1, 0.15) is 18.1 Å². The van der Waals surface area contributed by atoms with Gasteiger partial charge in [0, 0.05) is 6.42 Å². The third-order valence-electron chi connectivity index (χ3n) is 3.72. The minimum Gasteiger partial charge on any atom is -0.508 e. The van der Waals surface area contributed by atoms with Crippen LogP contribution < -0.4 is 5.32 Å². The van der Waals surface area contributed by atoms with Crippen LogP contribution in [0.25, 0.3) is 0 Å². The minimum absolute atomic E-state index is 0.100. The summed E-state index contributed by atoms with van der Waals surface area (Å²) in [6, 6.07) is 15.6. The van der Waals surface area contributed by atoms with E-state index in [-0.39, 0.29) is 18.8 Å². The Kier molecular flexibility index (Phi) is 6.00. The van der Waals surface area contributed by atoms with E-state index in [2.05, 4.69) is 5.32 Å². The van der Waals surface area contributed by atoms with Crippen LogP contribution in [-0.2, 0) is 27.3 Å². The summed E-state index contributed by atoms with van der Waals surface area (Å²) >= 11 is 0. The Bertz CT molecular complexity index is 714. The van der Waals surface area contributed by atoms with Gasteiger partial charge in [-0.2, -0.15) is 0 Å². The van der Waals surface area contributed by atoms with E-state index in [1.54, 1.807) is 19.1 Å². The van der Waals surface area contributed by atoms with Crippen molar-refractivity contribution in [1.29, 1.82) is 0 Å². The molecule has 0 aromatic heterocycles. The number of esters is 1. The number of aromatic hydroxyl groups is 1. The highest BCUT2D eigenvalue weighted by Crippen LogP contribution is 2.18. The molecule has 2 rings (SSSR count). The molecule has 0 fully saturated rings. The van der Waals surface area contributed by atoms with Gasteiger partial charge in [0.1, 0.15) is 17.9 Å². The third kappa shape index (κ3) is 5.24. The van der Waals surface area contributed by atoms with Crippen molar-refractivity contribution in [3.05, 3.63) is 65.7 Å². The van der Waals surface area contributed by atoms with Gasteiger partial charge in [-0.15, -0.1) is 0 Å². The summed E-state index contributed by atoms with van der Waals surface area (Å²) in [6.07, 6.45) is -0.518. The van der Waals surface area contributed by atoms with Crippen LogP contribution in [0.5, 0.6) is 5.75 Å². The number of rotatable bonds is 6. The Morgan fingerprint density at radius 3 is 2.28 bits per heavy atom. The third-order valence-corrected chi connectivity index (χ3v) is 3.72. The molecule has 0 saturated heterocycles. The number of benzene rings is 2. The van der Waals surface area contributed by atoms with Crippen molar-refractivity contribution in [2.45, 2.75) is 25.5 Å². The Labute approximate surface area is 146 Å². The molecule has 0 aliphatic carbocycles. The van der Waals surface area contributed by atoms with E-state index in [9.17, 15) is 14.7 Å². The number of phenols is 1. The van der Waals surface area contributed by atoms with Crippen molar-refractivity contribution in [3.8, 4) is 5.75 Å². The second-order valence-corrected chi connectivity index (χ2v) is 5.85. The number of hydrogen-bond donors (Lipinski definition) is 2. The first-order valence-electron chi connectivity index (χ1n) is 7.78. The molecule has 0 spiro atoms. The maximum Gasteiger partial charge on any atom is 0.408 e. The van der Waals surface area contributed by atoms with E-state index < -0.39 is 17.6 Å². The Balaban J connectivity index is 2.04. The molecule has 0 heterocycles. The van der Waals surface area contributed by atoms with Gasteiger partial charge < -0.3 is 19.9 Å². The smallest absolute Gasteiger partial charge is 0.408 e. The predicted octanol–water partition coefficient (Wildman–Crippen LogP) is 2.79. The van der Waals surface area contributed by atoms with Crippen molar-refractivity contribution in [2.24, 2.45) is 0 Å². The minimum atomic E-state index is -1.29. The van der Waals surface area contributed by atoms with Crippen LogP contribution in [0.4, 0.5) is 4.79 Å². The highest BCUT2D eigenvalue weighted by molar-refractivity contribution is 5.85. The van der Waals surface area contributed by atoms with Crippen LogP contribution in [-0.4, -0.2) is 29.8 Å². The SMILES string of the molecule is COC(=O)C(C)(Cc1ccc(O)cc1)NC(=O)OCc1ccccc1. The molecule has 2 aromatic rings. The molecule has 1 atom stereocenters. The summed E-state index contributed by atoms with van der Waals surface area (Å²) < 4.78 is 9.99. The lowest BCUT2D eigenvalue weighted by Gasteiger charge is -2.27. The first kappa shape index (κ1) is 18.3. The Morgan fingerprint density at radius 1 is 1.04 bits per heavy atom. The maximum absolute atomic E-state index is 12.2. The van der Waals surface area contributed by atoms with Gasteiger partial charge in [0.05, 0.1) is 7.11 Å². The van der Waals surface area contributed by atoms with E-state index in [4.69, 9.17) is 9.47 Å². The zero-order valence-electron chi connectivity index (χ0n) is 14.2. The van der Waals surface area contributed by atoms with Gasteiger partial charge in [-0.25, -0.2) is 9.59 Å². The second kappa shape index (κ2) is 8.19. The number of carbonyl (C=O) groups is 2. The monoisotopic (exact) mass is 343 g/mol. The van der Waals surface area contributed by atoms with Crippen molar-refractivity contribution < 1.29 is 24.2 Å². The molecule has 6 heteroatoms. The van der Waals surface area contributed by atoms with Gasteiger partial charge in [0.15, 0.2) is 0 Å². The molecule has 2 aromatic carbocycles. The molecule has 132 valence electrons. The van der Waals surface area contributed by atoms with Crippen LogP contribution in [0.3, 0.4) is 0 Å². The topological polar surface area (TPSA) is 84.9 Å². The molecule has 0 radical (unpaired) electrons. The lowest BCUT2D eigenvalue weighted by Crippen LogP contribution is -2.54. The van der Waals surface area contributed by atoms with Crippen molar-refractivity contribution in [1.82, 2.24) is 5.32 Å². The fourth-order valence-electron chi connectivity index (χ4n) is 2.40. The van der Waals surface area contributed by atoms with Crippen LogP contribution in [0, 0.1) is 0 Å². The largest absolute Gasteiger partial charge is 0.508 e. The molecule has 0 aliphatic heterocycles. The Hall–Kier alpha value is -3.02. The lowest BCUT2D eigenvalue weighted by molar-refractivity contribution is -0.147. The molecule has 25 heavy (non-hydrogen) atoms. The fraction of sp³-hybridized carbons (Fsp3) is 0.263. The van der Waals surface area contributed by atoms with Gasteiger partial charge in [-0.05, 0) is 30.2 Å². The van der Waals surface area contributed by atoms with Crippen molar-refractivity contribution in [3.63, 3.8) is 0 Å². The van der Waals surface area contributed by atoms with Gasteiger partial charge in [-0.3, -0.25) is 0 Å². The molecular formula is C19H21NO5. The quantitative estimate of drug-likeness (QED) is 0.788. The normalized spacial score (nSPS) is 12.7. The van der Waals surface area contributed by atoms with Gasteiger partial charge in [-0.1, -0.05) is 42.5 Å². The first-order chi connectivity index (χ1) is 11.9. The van der Waals surface area contributed by atoms with E-state index in [0.717, 1.165) is 11.1 Å². The van der Waals surface area contributed by atoms with E-state index in [1.165, 1.54) is 19.2 Å². The lowest BCUT2D eigenvalue weighted by atomic mass is 9.93. The number of amides is 1. The second-order valence-electron chi connectivity index (χ2n) is 5.85. The summed E-state index contributed by atoms with van der Waals surface area (Å²) in [5.41, 5.74) is 0.310. The molecular weight excluding hydrogens is 322 g/mol. The van der Waals surface area contributed by atoms with Crippen LogP contribution in [0.15, 0.2) is 54.6 Å². The summed E-state index contributed by atoms with van der Waals surface area (Å²) in [5.74, 6) is -0.462. The Morgan fingerprint density at radius 2 is 1.68 bits per heavy atom. The predicted molar refractivity (Wildman–Crippen MR) is 92.0 cm³/mol. The van der Waals surface area contributed by atoms with Crippen molar-refractivity contribution >= 4 is 12.1 Å². The summed E-state index contributed by atoms with van der Waals surface area (Å²) in [4.78, 5) is 24.3. The number of carbonyl (C=O) groups excluding carboxylic acids is 2. The average Bonchev–Trinajstić information content (AvgIpc) is 2.62. The summed E-state index contributed by atoms with van der Waals surface area (Å²) in [6.45, 7) is 1.67. The number of phenolic OH excluding ortho intramolecular Hbond substituents is 1. The average molecular weight is 343 g/mol. The molecule has 6 nitrogen and oxygen atoms in total. The van der Waals surface area contributed by atoms with E-state index in [1.807, 2.05) is 30.3 Å². The molecule has 0 bridgehead atoms. The fourth-order valence-corrected chi connectivity index (χ4v) is 2.40. The van der Waals surface area contributed by atoms with Gasteiger partial charge in [0.25, 0.3) is 0 Å². The zero-order chi connectivity index (χ0) is 18.3. The standard InChI is InChI=1S/C19H21NO5/c1-19(17(22)24-2,12-14-8-10-16(21)11-9-14)20-18(23)25-13-15-6-4-3-5-7-15/h3-11,21H,12-13H2,1-2H3,(H,20,23). The van der Waals surface area contributed by atoms with E-state index >= 15 is 0 Å². The van der Waals surface area contributed by atoms with Gasteiger partial charge >= 0.3 is 12.1 Å². The number of nitrogens with one attached hydrogen (secondary N) is 1. The highest BCUT2D eigenvalue weighted by atomic mass is 16.6. The first-order valence-corrected chi connectivity index (χ1v) is 7.78. The molecule has 0 aliphatic rings. The number of alkyl carbamates (subject to hydrolysis) is 1. The van der Waals surface area contributed by atoms with Crippen LogP contribution >= 0.6 is 0 Å².